The summed E-state index contributed by atoms with van der Waals surface area (Å²) in [5.74, 6) is 1.60. The number of halogens is 1. The first-order valence-electron chi connectivity index (χ1n) is 6.77. The van der Waals surface area contributed by atoms with Crippen LogP contribution in [0, 0.1) is 5.92 Å². The van der Waals surface area contributed by atoms with Crippen LogP contribution in [0.2, 0.25) is 0 Å². The highest BCUT2D eigenvalue weighted by Gasteiger charge is 2.13. The summed E-state index contributed by atoms with van der Waals surface area (Å²) in [5, 5.41) is 13.8. The molecule has 0 saturated carbocycles. The summed E-state index contributed by atoms with van der Waals surface area (Å²) < 4.78 is 6.22. The Balaban J connectivity index is 1.95. The molecular weight excluding hydrogens is 320 g/mol. The molecule has 108 valence electrons. The Morgan fingerprint density at radius 1 is 1.35 bits per heavy atom. The molecule has 20 heavy (non-hydrogen) atoms. The van der Waals surface area contributed by atoms with E-state index in [0.29, 0.717) is 30.5 Å². The maximum absolute atomic E-state index is 9.87. The van der Waals surface area contributed by atoms with E-state index in [2.05, 4.69) is 39.9 Å². The highest BCUT2D eigenvalue weighted by molar-refractivity contribution is 9.10. The van der Waals surface area contributed by atoms with Crippen LogP contribution < -0.4 is 0 Å². The van der Waals surface area contributed by atoms with Crippen LogP contribution in [0.25, 0.3) is 0 Å². The van der Waals surface area contributed by atoms with Crippen LogP contribution in [0.3, 0.4) is 0 Å². The van der Waals surface area contributed by atoms with Gasteiger partial charge in [0.2, 0.25) is 5.89 Å². The number of hydrogen-bond acceptors (Lipinski definition) is 4. The first-order valence-corrected chi connectivity index (χ1v) is 7.56. The van der Waals surface area contributed by atoms with E-state index in [1.165, 1.54) is 0 Å². The first kappa shape index (κ1) is 15.2. The highest BCUT2D eigenvalue weighted by atomic mass is 79.9. The lowest BCUT2D eigenvalue weighted by Gasteiger charge is -2.09. The minimum atomic E-state index is -0.422. The van der Waals surface area contributed by atoms with E-state index in [4.69, 9.17) is 4.52 Å². The first-order chi connectivity index (χ1) is 9.52. The summed E-state index contributed by atoms with van der Waals surface area (Å²) in [6.45, 7) is 4.16. The molecule has 0 aliphatic heterocycles. The van der Waals surface area contributed by atoms with Gasteiger partial charge in [-0.3, -0.25) is 0 Å². The van der Waals surface area contributed by atoms with E-state index in [1.54, 1.807) is 0 Å². The fraction of sp³-hybridized carbons (Fsp3) is 0.467. The van der Waals surface area contributed by atoms with Crippen molar-refractivity contribution in [3.8, 4) is 0 Å². The van der Waals surface area contributed by atoms with E-state index >= 15 is 0 Å². The van der Waals surface area contributed by atoms with E-state index in [9.17, 15) is 5.11 Å². The number of aromatic nitrogens is 2. The van der Waals surface area contributed by atoms with E-state index in [1.807, 2.05) is 24.3 Å². The lowest BCUT2D eigenvalue weighted by molar-refractivity contribution is 0.138. The van der Waals surface area contributed by atoms with Gasteiger partial charge < -0.3 is 9.63 Å². The van der Waals surface area contributed by atoms with Crippen LogP contribution in [-0.4, -0.2) is 21.4 Å². The monoisotopic (exact) mass is 338 g/mol. The second-order valence-corrected chi connectivity index (χ2v) is 6.31. The summed E-state index contributed by atoms with van der Waals surface area (Å²) in [6.07, 6.45) is 1.37. The Morgan fingerprint density at radius 2 is 2.15 bits per heavy atom. The zero-order valence-corrected chi connectivity index (χ0v) is 13.3. The molecule has 0 fully saturated rings. The third-order valence-corrected chi connectivity index (χ3v) is 3.41. The Labute approximate surface area is 127 Å². The number of hydrogen-bond donors (Lipinski definition) is 1. The molecule has 1 aromatic heterocycles. The van der Waals surface area contributed by atoms with Crippen LogP contribution in [0.5, 0.6) is 0 Å². The molecule has 0 spiro atoms. The van der Waals surface area contributed by atoms with Crippen LogP contribution in [0.1, 0.15) is 37.5 Å². The van der Waals surface area contributed by atoms with Gasteiger partial charge in [-0.05, 0) is 30.0 Å². The molecule has 0 aliphatic carbocycles. The van der Waals surface area contributed by atoms with Crippen molar-refractivity contribution in [2.45, 2.75) is 39.2 Å². The largest absolute Gasteiger partial charge is 0.393 e. The molecule has 1 aromatic carbocycles. The molecule has 4 nitrogen and oxygen atoms in total. The van der Waals surface area contributed by atoms with Crippen molar-refractivity contribution in [3.05, 3.63) is 46.0 Å². The Kier molecular flexibility index (Phi) is 5.31. The number of aliphatic hydroxyl groups is 1. The van der Waals surface area contributed by atoms with Crippen molar-refractivity contribution in [3.63, 3.8) is 0 Å². The topological polar surface area (TPSA) is 59.2 Å². The van der Waals surface area contributed by atoms with Crippen molar-refractivity contribution >= 4 is 15.9 Å². The zero-order valence-electron chi connectivity index (χ0n) is 11.7. The fourth-order valence-electron chi connectivity index (χ4n) is 2.10. The van der Waals surface area contributed by atoms with Crippen LogP contribution in [0.15, 0.2) is 33.3 Å². The number of benzene rings is 1. The lowest BCUT2D eigenvalue weighted by atomic mass is 10.0. The number of nitrogens with zero attached hydrogens (tertiary/aromatic N) is 2. The Bertz CT molecular complexity index is 554. The molecule has 0 bridgehead atoms. The minimum Gasteiger partial charge on any atom is -0.393 e. The minimum absolute atomic E-state index is 0.420. The standard InChI is InChI=1S/C15H19BrN2O2/c1-10(2)6-13(19)9-15-17-14(18-20-15)8-11-4-3-5-12(16)7-11/h3-5,7,10,13,19H,6,8-9H2,1-2H3. The second-order valence-electron chi connectivity index (χ2n) is 5.40. The molecule has 2 rings (SSSR count). The quantitative estimate of drug-likeness (QED) is 0.877. The van der Waals surface area contributed by atoms with Crippen LogP contribution in [0.4, 0.5) is 0 Å². The van der Waals surface area contributed by atoms with Gasteiger partial charge in [-0.15, -0.1) is 0 Å². The molecule has 0 amide bonds. The fourth-order valence-corrected chi connectivity index (χ4v) is 2.55. The van der Waals surface area contributed by atoms with Crippen LogP contribution in [-0.2, 0) is 12.8 Å². The number of rotatable bonds is 6. The summed E-state index contributed by atoms with van der Waals surface area (Å²) >= 11 is 3.44. The summed E-state index contributed by atoms with van der Waals surface area (Å²) in [5.41, 5.74) is 1.12. The summed E-state index contributed by atoms with van der Waals surface area (Å²) in [7, 11) is 0. The smallest absolute Gasteiger partial charge is 0.229 e. The van der Waals surface area contributed by atoms with Gasteiger partial charge in [0.1, 0.15) is 0 Å². The highest BCUT2D eigenvalue weighted by Crippen LogP contribution is 2.15. The van der Waals surface area contributed by atoms with Crippen LogP contribution >= 0.6 is 15.9 Å². The Hall–Kier alpha value is -1.20. The van der Waals surface area contributed by atoms with Gasteiger partial charge in [0.05, 0.1) is 12.5 Å². The zero-order chi connectivity index (χ0) is 14.5. The normalized spacial score (nSPS) is 12.8. The molecule has 5 heteroatoms. The average molecular weight is 339 g/mol. The van der Waals surface area contributed by atoms with Gasteiger partial charge in [0.15, 0.2) is 5.82 Å². The predicted octanol–water partition coefficient (Wildman–Crippen LogP) is 3.37. The van der Waals surface area contributed by atoms with Crippen molar-refractivity contribution in [1.82, 2.24) is 10.1 Å². The van der Waals surface area contributed by atoms with Gasteiger partial charge in [0.25, 0.3) is 0 Å². The molecule has 1 N–H and O–H groups in total. The van der Waals surface area contributed by atoms with Gasteiger partial charge >= 0.3 is 0 Å². The van der Waals surface area contributed by atoms with Crippen molar-refractivity contribution in [2.75, 3.05) is 0 Å². The molecule has 0 radical (unpaired) electrons. The molecule has 2 aromatic rings. The van der Waals surface area contributed by atoms with E-state index in [0.717, 1.165) is 16.5 Å². The molecule has 0 saturated heterocycles. The third-order valence-electron chi connectivity index (χ3n) is 2.92. The molecule has 0 aliphatic rings. The van der Waals surface area contributed by atoms with Gasteiger partial charge in [0, 0.05) is 10.9 Å². The lowest BCUT2D eigenvalue weighted by Crippen LogP contribution is -2.13. The Morgan fingerprint density at radius 3 is 2.85 bits per heavy atom. The van der Waals surface area contributed by atoms with Gasteiger partial charge in [-0.25, -0.2) is 0 Å². The summed E-state index contributed by atoms with van der Waals surface area (Å²) in [4.78, 5) is 4.33. The maximum Gasteiger partial charge on any atom is 0.229 e. The average Bonchev–Trinajstić information content (AvgIpc) is 2.75. The predicted molar refractivity (Wildman–Crippen MR) is 80.4 cm³/mol. The van der Waals surface area contributed by atoms with Gasteiger partial charge in [-0.1, -0.05) is 47.1 Å². The number of aliphatic hydroxyl groups excluding tert-OH is 1. The third kappa shape index (κ3) is 4.72. The van der Waals surface area contributed by atoms with Crippen molar-refractivity contribution < 1.29 is 9.63 Å². The summed E-state index contributed by atoms with van der Waals surface area (Å²) in [6, 6.07) is 8.01. The SMILES string of the molecule is CC(C)CC(O)Cc1nc(Cc2cccc(Br)c2)no1. The molecule has 1 atom stereocenters. The van der Waals surface area contributed by atoms with Gasteiger partial charge in [-0.2, -0.15) is 4.98 Å². The van der Waals surface area contributed by atoms with Crippen molar-refractivity contribution in [1.29, 1.82) is 0 Å². The second kappa shape index (κ2) is 6.99. The maximum atomic E-state index is 9.87. The molecule has 1 heterocycles. The molecular formula is C15H19BrN2O2. The van der Waals surface area contributed by atoms with Crippen molar-refractivity contribution in [2.24, 2.45) is 5.92 Å². The van der Waals surface area contributed by atoms with E-state index < -0.39 is 6.10 Å². The van der Waals surface area contributed by atoms with E-state index in [-0.39, 0.29) is 0 Å². The molecule has 1 unspecified atom stereocenters.